The van der Waals surface area contributed by atoms with E-state index in [1.54, 1.807) is 7.05 Å². The second kappa shape index (κ2) is 9.42. The standard InChI is InChI=1S/C14H24N4O.HI/c1-3-5-16-14(15-2)18-8-6-17(7-9-18)11-13-4-10-19-12-13;/h1,13H,4-12H2,2H3,(H,15,16);1H. The highest BCUT2D eigenvalue weighted by atomic mass is 127. The Kier molecular flexibility index (Phi) is 8.26. The maximum Gasteiger partial charge on any atom is 0.194 e. The van der Waals surface area contributed by atoms with E-state index in [0.29, 0.717) is 6.54 Å². The molecular weight excluding hydrogens is 367 g/mol. The van der Waals surface area contributed by atoms with Gasteiger partial charge >= 0.3 is 0 Å². The van der Waals surface area contributed by atoms with Crippen molar-refractivity contribution < 1.29 is 4.74 Å². The summed E-state index contributed by atoms with van der Waals surface area (Å²) < 4.78 is 5.43. The number of aliphatic imine (C=N–C) groups is 1. The van der Waals surface area contributed by atoms with Crippen molar-refractivity contribution in [2.75, 3.05) is 59.5 Å². The number of hydrogen-bond donors (Lipinski definition) is 1. The lowest BCUT2D eigenvalue weighted by atomic mass is 10.1. The minimum Gasteiger partial charge on any atom is -0.381 e. The molecule has 1 atom stereocenters. The van der Waals surface area contributed by atoms with E-state index >= 15 is 0 Å². The zero-order chi connectivity index (χ0) is 13.5. The Morgan fingerprint density at radius 2 is 2.15 bits per heavy atom. The molecule has 0 bridgehead atoms. The number of rotatable bonds is 3. The largest absolute Gasteiger partial charge is 0.381 e. The Hall–Kier alpha value is -0.520. The van der Waals surface area contributed by atoms with Crippen LogP contribution in [0.15, 0.2) is 4.99 Å². The molecule has 2 heterocycles. The third-order valence-corrected chi connectivity index (χ3v) is 3.77. The van der Waals surface area contributed by atoms with Crippen LogP contribution >= 0.6 is 24.0 Å². The Labute approximate surface area is 139 Å². The van der Waals surface area contributed by atoms with Gasteiger partial charge in [0.15, 0.2) is 5.96 Å². The van der Waals surface area contributed by atoms with Gasteiger partial charge in [-0.2, -0.15) is 0 Å². The average molecular weight is 392 g/mol. The van der Waals surface area contributed by atoms with Gasteiger partial charge in [-0.1, -0.05) is 5.92 Å². The molecule has 6 heteroatoms. The van der Waals surface area contributed by atoms with Crippen molar-refractivity contribution in [2.45, 2.75) is 6.42 Å². The van der Waals surface area contributed by atoms with Crippen molar-refractivity contribution in [2.24, 2.45) is 10.9 Å². The molecule has 2 saturated heterocycles. The lowest BCUT2D eigenvalue weighted by molar-refractivity contribution is 0.139. The monoisotopic (exact) mass is 392 g/mol. The van der Waals surface area contributed by atoms with Crippen LogP contribution in [0.3, 0.4) is 0 Å². The first-order chi connectivity index (χ1) is 9.33. The summed E-state index contributed by atoms with van der Waals surface area (Å²) >= 11 is 0. The molecule has 2 rings (SSSR count). The first kappa shape index (κ1) is 17.5. The van der Waals surface area contributed by atoms with Gasteiger partial charge in [0.2, 0.25) is 0 Å². The molecule has 0 spiro atoms. The smallest absolute Gasteiger partial charge is 0.194 e. The van der Waals surface area contributed by atoms with Crippen LogP contribution in [-0.2, 0) is 4.74 Å². The van der Waals surface area contributed by atoms with E-state index in [2.05, 4.69) is 26.0 Å². The van der Waals surface area contributed by atoms with Crippen LogP contribution in [0.5, 0.6) is 0 Å². The van der Waals surface area contributed by atoms with E-state index in [9.17, 15) is 0 Å². The van der Waals surface area contributed by atoms with Crippen LogP contribution in [0.4, 0.5) is 0 Å². The Morgan fingerprint density at radius 3 is 2.70 bits per heavy atom. The maximum absolute atomic E-state index is 5.43. The predicted octanol–water partition coefficient (Wildman–Crippen LogP) is 0.467. The molecule has 0 saturated carbocycles. The van der Waals surface area contributed by atoms with Crippen LogP contribution in [-0.4, -0.2) is 75.3 Å². The van der Waals surface area contributed by atoms with Gasteiger partial charge in [-0.15, -0.1) is 30.4 Å². The van der Waals surface area contributed by atoms with Gasteiger partial charge in [0, 0.05) is 46.4 Å². The van der Waals surface area contributed by atoms with Gasteiger partial charge in [-0.3, -0.25) is 9.89 Å². The zero-order valence-corrected chi connectivity index (χ0v) is 14.5. The summed E-state index contributed by atoms with van der Waals surface area (Å²) in [6.07, 6.45) is 6.48. The molecule has 20 heavy (non-hydrogen) atoms. The first-order valence-corrected chi connectivity index (χ1v) is 7.02. The Morgan fingerprint density at radius 1 is 1.40 bits per heavy atom. The fourth-order valence-electron chi connectivity index (χ4n) is 2.70. The Bertz CT molecular complexity index is 342. The van der Waals surface area contributed by atoms with Crippen LogP contribution in [0, 0.1) is 18.3 Å². The molecule has 1 N–H and O–H groups in total. The quantitative estimate of drug-likeness (QED) is 0.328. The lowest BCUT2D eigenvalue weighted by Crippen LogP contribution is -2.53. The zero-order valence-electron chi connectivity index (χ0n) is 12.2. The number of ether oxygens (including phenoxy) is 1. The molecule has 0 aromatic rings. The van der Waals surface area contributed by atoms with Crippen LogP contribution in [0.2, 0.25) is 0 Å². The fourth-order valence-corrected chi connectivity index (χ4v) is 2.70. The second-order valence-electron chi connectivity index (χ2n) is 5.12. The Balaban J connectivity index is 0.00000200. The number of piperazine rings is 1. The molecule has 5 nitrogen and oxygen atoms in total. The second-order valence-corrected chi connectivity index (χ2v) is 5.12. The molecule has 0 aliphatic carbocycles. The van der Waals surface area contributed by atoms with E-state index in [1.165, 1.54) is 13.0 Å². The molecule has 0 radical (unpaired) electrons. The summed E-state index contributed by atoms with van der Waals surface area (Å²) in [5.74, 6) is 4.23. The van der Waals surface area contributed by atoms with Gasteiger partial charge in [0.25, 0.3) is 0 Å². The van der Waals surface area contributed by atoms with Crippen LogP contribution in [0.1, 0.15) is 6.42 Å². The normalized spacial score (nSPS) is 24.1. The van der Waals surface area contributed by atoms with Crippen LogP contribution in [0.25, 0.3) is 0 Å². The highest BCUT2D eigenvalue weighted by Crippen LogP contribution is 2.15. The highest BCUT2D eigenvalue weighted by molar-refractivity contribution is 14.0. The van der Waals surface area contributed by atoms with Crippen LogP contribution < -0.4 is 5.32 Å². The van der Waals surface area contributed by atoms with E-state index in [-0.39, 0.29) is 24.0 Å². The van der Waals surface area contributed by atoms with Crippen molar-refractivity contribution >= 4 is 29.9 Å². The number of terminal acetylenes is 1. The maximum atomic E-state index is 5.43. The van der Waals surface area contributed by atoms with Gasteiger partial charge in [0.05, 0.1) is 13.2 Å². The van der Waals surface area contributed by atoms with Crippen molar-refractivity contribution in [3.05, 3.63) is 0 Å². The molecule has 1 unspecified atom stereocenters. The van der Waals surface area contributed by atoms with Gasteiger partial charge in [-0.25, -0.2) is 0 Å². The number of hydrogen-bond acceptors (Lipinski definition) is 3. The average Bonchev–Trinajstić information content (AvgIpc) is 2.94. The van der Waals surface area contributed by atoms with Crippen molar-refractivity contribution in [1.82, 2.24) is 15.1 Å². The van der Waals surface area contributed by atoms with Gasteiger partial charge in [-0.05, 0) is 12.3 Å². The molecule has 0 aromatic heterocycles. The molecule has 2 fully saturated rings. The lowest BCUT2D eigenvalue weighted by Gasteiger charge is -2.37. The van der Waals surface area contributed by atoms with Crippen molar-refractivity contribution in [3.8, 4) is 12.3 Å². The predicted molar refractivity (Wildman–Crippen MR) is 92.5 cm³/mol. The molecule has 2 aliphatic heterocycles. The summed E-state index contributed by atoms with van der Waals surface area (Å²) in [4.78, 5) is 9.08. The van der Waals surface area contributed by atoms with Crippen molar-refractivity contribution in [1.29, 1.82) is 0 Å². The minimum absolute atomic E-state index is 0. The van der Waals surface area contributed by atoms with Gasteiger partial charge < -0.3 is 15.0 Å². The third kappa shape index (κ3) is 5.11. The number of halogens is 1. The summed E-state index contributed by atoms with van der Waals surface area (Å²) in [5, 5.41) is 3.18. The topological polar surface area (TPSA) is 40.1 Å². The van der Waals surface area contributed by atoms with Crippen molar-refractivity contribution in [3.63, 3.8) is 0 Å². The molecule has 0 aromatic carbocycles. The molecule has 0 amide bonds. The van der Waals surface area contributed by atoms with E-state index < -0.39 is 0 Å². The first-order valence-electron chi connectivity index (χ1n) is 7.02. The SMILES string of the molecule is C#CCNC(=NC)N1CCN(CC2CCOC2)CC1.I. The third-order valence-electron chi connectivity index (χ3n) is 3.77. The van der Waals surface area contributed by atoms with E-state index in [4.69, 9.17) is 11.2 Å². The molecular formula is C14H25IN4O. The number of guanidine groups is 1. The summed E-state index contributed by atoms with van der Waals surface area (Å²) in [7, 11) is 1.81. The summed E-state index contributed by atoms with van der Waals surface area (Å²) in [6.45, 7) is 7.78. The minimum atomic E-state index is 0. The number of nitrogens with one attached hydrogen (secondary N) is 1. The van der Waals surface area contributed by atoms with Gasteiger partial charge in [0.1, 0.15) is 0 Å². The summed E-state index contributed by atoms with van der Waals surface area (Å²) in [5.41, 5.74) is 0. The molecule has 2 aliphatic rings. The molecule has 114 valence electrons. The summed E-state index contributed by atoms with van der Waals surface area (Å²) in [6, 6.07) is 0. The fraction of sp³-hybridized carbons (Fsp3) is 0.786. The number of nitrogens with zero attached hydrogens (tertiary/aromatic N) is 3. The van der Waals surface area contributed by atoms with E-state index in [0.717, 1.165) is 51.3 Å². The highest BCUT2D eigenvalue weighted by Gasteiger charge is 2.23. The van der Waals surface area contributed by atoms with E-state index in [1.807, 2.05) is 0 Å².